The molecule has 1 aromatic rings. The van der Waals surface area contributed by atoms with Crippen molar-refractivity contribution in [3.05, 3.63) is 23.5 Å². The lowest BCUT2D eigenvalue weighted by Gasteiger charge is -2.20. The number of hydrogen-bond donors (Lipinski definition) is 2. The summed E-state index contributed by atoms with van der Waals surface area (Å²) >= 11 is 0. The molecule has 0 saturated carbocycles. The Morgan fingerprint density at radius 3 is 3.00 bits per heavy atom. The lowest BCUT2D eigenvalue weighted by Crippen LogP contribution is -2.34. The summed E-state index contributed by atoms with van der Waals surface area (Å²) in [5.41, 5.74) is 1.84. The number of hydrogen-bond acceptors (Lipinski definition) is 4. The van der Waals surface area contributed by atoms with Crippen LogP contribution in [-0.4, -0.2) is 46.9 Å². The molecule has 0 bridgehead atoms. The van der Waals surface area contributed by atoms with E-state index in [1.54, 1.807) is 0 Å². The van der Waals surface area contributed by atoms with E-state index in [0.29, 0.717) is 18.3 Å². The van der Waals surface area contributed by atoms with Gasteiger partial charge >= 0.3 is 0 Å². The van der Waals surface area contributed by atoms with Gasteiger partial charge < -0.3 is 19.9 Å². The third-order valence-corrected chi connectivity index (χ3v) is 3.36. The number of nitriles is 1. The monoisotopic (exact) mass is 248 g/mol. The lowest BCUT2D eigenvalue weighted by atomic mass is 10.2. The van der Waals surface area contributed by atoms with Gasteiger partial charge in [0.05, 0.1) is 6.10 Å². The molecule has 0 unspecified atom stereocenters. The van der Waals surface area contributed by atoms with E-state index in [1.165, 1.54) is 0 Å². The number of aliphatic hydroxyl groups excluding tert-OH is 1. The summed E-state index contributed by atoms with van der Waals surface area (Å²) in [6, 6.07) is 4.46. The van der Waals surface area contributed by atoms with Crippen LogP contribution in [0.15, 0.2) is 12.3 Å². The number of β-amino-alcohol motifs (C(OH)–C–C–N with tert-alkyl or cyclic N) is 1. The van der Waals surface area contributed by atoms with E-state index in [-0.39, 0.29) is 6.10 Å². The lowest BCUT2D eigenvalue weighted by molar-refractivity contribution is 0.189. The summed E-state index contributed by atoms with van der Waals surface area (Å²) in [4.78, 5) is 2.21. The number of nitrogens with zero attached hydrogens (tertiary/aromatic N) is 3. The van der Waals surface area contributed by atoms with Crippen LogP contribution in [0.4, 0.5) is 0 Å². The van der Waals surface area contributed by atoms with Crippen LogP contribution in [0.5, 0.6) is 0 Å². The van der Waals surface area contributed by atoms with E-state index in [9.17, 15) is 5.11 Å². The van der Waals surface area contributed by atoms with Gasteiger partial charge in [-0.2, -0.15) is 5.26 Å². The number of nitrogens with one attached hydrogen (secondary N) is 1. The Bertz CT molecular complexity index is 448. The highest BCUT2D eigenvalue weighted by atomic mass is 16.3. The zero-order valence-corrected chi connectivity index (χ0v) is 10.9. The van der Waals surface area contributed by atoms with E-state index in [0.717, 1.165) is 25.1 Å². The Morgan fingerprint density at radius 2 is 2.44 bits per heavy atom. The largest absolute Gasteiger partial charge is 0.392 e. The zero-order valence-electron chi connectivity index (χ0n) is 10.9. The van der Waals surface area contributed by atoms with Crippen molar-refractivity contribution in [2.24, 2.45) is 7.05 Å². The van der Waals surface area contributed by atoms with Crippen molar-refractivity contribution in [1.29, 1.82) is 5.26 Å². The highest BCUT2D eigenvalue weighted by molar-refractivity contribution is 5.28. The number of likely N-dealkylation sites (N-methyl/N-ethyl adjacent to an activating group) is 1. The van der Waals surface area contributed by atoms with Gasteiger partial charge in [-0.05, 0) is 25.1 Å². The van der Waals surface area contributed by atoms with Crippen LogP contribution in [0, 0.1) is 11.3 Å². The topological polar surface area (TPSA) is 64.2 Å². The molecule has 0 spiro atoms. The van der Waals surface area contributed by atoms with Gasteiger partial charge in [-0.15, -0.1) is 0 Å². The van der Waals surface area contributed by atoms with Crippen LogP contribution in [0.3, 0.4) is 0 Å². The van der Waals surface area contributed by atoms with Crippen molar-refractivity contribution in [3.8, 4) is 6.07 Å². The van der Waals surface area contributed by atoms with E-state index >= 15 is 0 Å². The van der Waals surface area contributed by atoms with Crippen LogP contribution in [0.2, 0.25) is 0 Å². The van der Waals surface area contributed by atoms with Gasteiger partial charge in [-0.3, -0.25) is 0 Å². The highest BCUT2D eigenvalue weighted by Gasteiger charge is 2.22. The molecule has 2 rings (SSSR count). The van der Waals surface area contributed by atoms with E-state index in [1.807, 2.05) is 23.9 Å². The van der Waals surface area contributed by atoms with Gasteiger partial charge in [0.1, 0.15) is 11.8 Å². The predicted octanol–water partition coefficient (Wildman–Crippen LogP) is 0.0514. The third kappa shape index (κ3) is 3.10. The van der Waals surface area contributed by atoms with Crippen molar-refractivity contribution in [1.82, 2.24) is 14.8 Å². The second kappa shape index (κ2) is 5.53. The third-order valence-electron chi connectivity index (χ3n) is 3.36. The second-order valence-corrected chi connectivity index (χ2v) is 5.15. The molecule has 5 heteroatoms. The first-order valence-corrected chi connectivity index (χ1v) is 6.24. The van der Waals surface area contributed by atoms with Crippen LogP contribution in [-0.2, 0) is 13.6 Å². The first-order valence-electron chi connectivity index (χ1n) is 6.24. The van der Waals surface area contributed by atoms with Crippen molar-refractivity contribution in [2.75, 3.05) is 20.1 Å². The second-order valence-electron chi connectivity index (χ2n) is 5.15. The fraction of sp³-hybridized carbons (Fsp3) is 0.615. The Balaban J connectivity index is 1.87. The fourth-order valence-corrected chi connectivity index (χ4v) is 2.52. The molecule has 2 heterocycles. The molecule has 1 aromatic heterocycles. The van der Waals surface area contributed by atoms with Gasteiger partial charge in [-0.25, -0.2) is 0 Å². The van der Waals surface area contributed by atoms with Crippen molar-refractivity contribution >= 4 is 0 Å². The van der Waals surface area contributed by atoms with Gasteiger partial charge in [-0.1, -0.05) is 0 Å². The molecule has 18 heavy (non-hydrogen) atoms. The van der Waals surface area contributed by atoms with Crippen LogP contribution in [0.1, 0.15) is 17.7 Å². The van der Waals surface area contributed by atoms with Crippen molar-refractivity contribution in [2.45, 2.75) is 25.1 Å². The van der Waals surface area contributed by atoms with E-state index in [4.69, 9.17) is 5.26 Å². The van der Waals surface area contributed by atoms with Crippen molar-refractivity contribution in [3.63, 3.8) is 0 Å². The molecule has 1 aliphatic heterocycles. The highest BCUT2D eigenvalue weighted by Crippen LogP contribution is 2.11. The fourth-order valence-electron chi connectivity index (χ4n) is 2.52. The molecule has 0 amide bonds. The van der Waals surface area contributed by atoms with E-state index < -0.39 is 0 Å². The Labute approximate surface area is 108 Å². The molecule has 0 radical (unpaired) electrons. The Morgan fingerprint density at radius 1 is 1.67 bits per heavy atom. The summed E-state index contributed by atoms with van der Waals surface area (Å²) < 4.78 is 1.85. The molecule has 0 aliphatic carbocycles. The minimum Gasteiger partial charge on any atom is -0.392 e. The quantitative estimate of drug-likeness (QED) is 0.790. The predicted molar refractivity (Wildman–Crippen MR) is 68.9 cm³/mol. The molecule has 5 nitrogen and oxygen atoms in total. The average Bonchev–Trinajstić information content (AvgIpc) is 2.85. The molecule has 0 aromatic carbocycles. The van der Waals surface area contributed by atoms with Crippen molar-refractivity contribution < 1.29 is 5.11 Å². The molecule has 2 atom stereocenters. The maximum absolute atomic E-state index is 9.45. The minimum atomic E-state index is -0.203. The molecule has 1 aliphatic rings. The van der Waals surface area contributed by atoms with Gasteiger partial charge in [0, 0.05) is 38.9 Å². The average molecular weight is 248 g/mol. The van der Waals surface area contributed by atoms with Crippen LogP contribution in [0.25, 0.3) is 0 Å². The minimum absolute atomic E-state index is 0.203. The molecule has 2 N–H and O–H groups in total. The summed E-state index contributed by atoms with van der Waals surface area (Å²) in [6.45, 7) is 2.43. The SMILES string of the molecule is CN(Cc1cc(C#N)n(C)c1)C[C@@H]1C[C@@H](O)CN1. The first kappa shape index (κ1) is 13.1. The summed E-state index contributed by atoms with van der Waals surface area (Å²) in [5.74, 6) is 0. The number of aromatic nitrogens is 1. The standard InChI is InChI=1S/C13H20N4O/c1-16(9-11-4-13(18)6-15-11)7-10-3-12(5-14)17(2)8-10/h3,8,11,13,15,18H,4,6-7,9H2,1-2H3/t11-,13+/m0/s1. The Kier molecular flexibility index (Phi) is 4.02. The summed E-state index contributed by atoms with van der Waals surface area (Å²) in [6.07, 6.45) is 2.61. The zero-order chi connectivity index (χ0) is 13.1. The number of rotatable bonds is 4. The molecular formula is C13H20N4O. The number of aryl methyl sites for hydroxylation is 1. The van der Waals surface area contributed by atoms with Crippen LogP contribution >= 0.6 is 0 Å². The molecular weight excluding hydrogens is 228 g/mol. The summed E-state index contributed by atoms with van der Waals surface area (Å²) in [5, 5.41) is 21.7. The maximum Gasteiger partial charge on any atom is 0.120 e. The number of aliphatic hydroxyl groups is 1. The molecule has 98 valence electrons. The molecule has 1 saturated heterocycles. The summed E-state index contributed by atoms with van der Waals surface area (Å²) in [7, 11) is 3.95. The van der Waals surface area contributed by atoms with Crippen LogP contribution < -0.4 is 5.32 Å². The normalized spacial score (nSPS) is 23.5. The maximum atomic E-state index is 9.45. The van der Waals surface area contributed by atoms with E-state index in [2.05, 4.69) is 23.3 Å². The smallest absolute Gasteiger partial charge is 0.120 e. The first-order chi connectivity index (χ1) is 8.58. The van der Waals surface area contributed by atoms with Gasteiger partial charge in [0.15, 0.2) is 0 Å². The van der Waals surface area contributed by atoms with Gasteiger partial charge in [0.2, 0.25) is 0 Å². The molecule has 1 fully saturated rings. The Hall–Kier alpha value is -1.35. The van der Waals surface area contributed by atoms with Gasteiger partial charge in [0.25, 0.3) is 0 Å².